The van der Waals surface area contributed by atoms with Crippen molar-refractivity contribution in [3.05, 3.63) is 36.4 Å². The summed E-state index contributed by atoms with van der Waals surface area (Å²) >= 11 is 0. The number of imidazole rings is 1. The van der Waals surface area contributed by atoms with Crippen LogP contribution in [0.3, 0.4) is 0 Å². The molecule has 1 aromatic carbocycles. The number of likely N-dealkylation sites (tertiary alicyclic amines) is 1. The molecule has 1 spiro atoms. The molecule has 2 N–H and O–H groups in total. The number of piperazine rings is 1. The highest BCUT2D eigenvalue weighted by atomic mass is 16.4. The summed E-state index contributed by atoms with van der Waals surface area (Å²) < 4.78 is 2.31. The molecule has 2 aromatic rings. The number of aryl methyl sites for hydroxylation is 1. The first-order chi connectivity index (χ1) is 19.7. The predicted octanol–water partition coefficient (Wildman–Crippen LogP) is 3.38. The number of carbonyl (C=O) groups excluding carboxylic acids is 2. The third kappa shape index (κ3) is 7.72. The van der Waals surface area contributed by atoms with Crippen LogP contribution in [-0.2, 0) is 25.7 Å². The van der Waals surface area contributed by atoms with Crippen molar-refractivity contribution in [2.24, 2.45) is 5.41 Å². The van der Waals surface area contributed by atoms with Crippen molar-refractivity contribution in [3.63, 3.8) is 0 Å². The normalized spacial score (nSPS) is 19.2. The second-order valence-electron chi connectivity index (χ2n) is 11.2. The number of benzene rings is 1. The highest BCUT2D eigenvalue weighted by Gasteiger charge is 2.44. The van der Waals surface area contributed by atoms with Gasteiger partial charge in [-0.05, 0) is 56.7 Å². The number of amides is 2. The summed E-state index contributed by atoms with van der Waals surface area (Å²) in [4.78, 5) is 55.7. The topological polar surface area (TPSA) is 136 Å². The molecule has 0 radical (unpaired) electrons. The molecule has 3 fully saturated rings. The Balaban J connectivity index is 0.000000426. The molecule has 11 heteroatoms. The van der Waals surface area contributed by atoms with Crippen molar-refractivity contribution < 1.29 is 29.4 Å². The van der Waals surface area contributed by atoms with Crippen LogP contribution in [-0.4, -0.2) is 92.6 Å². The van der Waals surface area contributed by atoms with Gasteiger partial charge in [-0.3, -0.25) is 19.4 Å². The molecule has 41 heavy (non-hydrogen) atoms. The maximum absolute atomic E-state index is 12.6. The van der Waals surface area contributed by atoms with Crippen LogP contribution in [0.15, 0.2) is 36.4 Å². The number of anilines is 1. The number of para-hydroxylation sites is 2. The van der Waals surface area contributed by atoms with Crippen molar-refractivity contribution in [2.45, 2.75) is 64.8 Å². The summed E-state index contributed by atoms with van der Waals surface area (Å²) in [6.07, 6.45) is 8.66. The molecule has 5 rings (SSSR count). The van der Waals surface area contributed by atoms with Crippen LogP contribution in [0.1, 0.15) is 58.3 Å². The molecule has 2 saturated heterocycles. The van der Waals surface area contributed by atoms with Crippen LogP contribution in [0.4, 0.5) is 5.95 Å². The third-order valence-electron chi connectivity index (χ3n) is 8.40. The molecule has 0 unspecified atom stereocenters. The zero-order valence-electron chi connectivity index (χ0n) is 23.8. The Labute approximate surface area is 240 Å². The number of piperidine rings is 1. The molecule has 1 aromatic heterocycles. The largest absolute Gasteiger partial charge is 0.478 e. The van der Waals surface area contributed by atoms with E-state index in [0.29, 0.717) is 31.5 Å². The Morgan fingerprint density at radius 2 is 1.49 bits per heavy atom. The van der Waals surface area contributed by atoms with E-state index in [1.54, 1.807) is 4.90 Å². The number of hydrogen-bond donors (Lipinski definition) is 2. The quantitative estimate of drug-likeness (QED) is 0.265. The van der Waals surface area contributed by atoms with E-state index >= 15 is 0 Å². The lowest BCUT2D eigenvalue weighted by atomic mass is 9.76. The number of carbonyl (C=O) groups is 4. The summed E-state index contributed by atoms with van der Waals surface area (Å²) in [6, 6.07) is 8.37. The van der Waals surface area contributed by atoms with Crippen LogP contribution in [0.25, 0.3) is 11.0 Å². The zero-order chi connectivity index (χ0) is 29.4. The molecule has 3 heterocycles. The monoisotopic (exact) mass is 567 g/mol. The van der Waals surface area contributed by atoms with Gasteiger partial charge in [-0.15, -0.1) is 0 Å². The molecule has 11 nitrogen and oxygen atoms in total. The molecule has 1 aliphatic carbocycles. The van der Waals surface area contributed by atoms with Crippen molar-refractivity contribution in [1.82, 2.24) is 19.4 Å². The first kappa shape index (κ1) is 30.2. The summed E-state index contributed by atoms with van der Waals surface area (Å²) in [5.41, 5.74) is 2.28. The second-order valence-corrected chi connectivity index (χ2v) is 11.2. The van der Waals surface area contributed by atoms with Crippen molar-refractivity contribution in [2.75, 3.05) is 44.2 Å². The van der Waals surface area contributed by atoms with Crippen LogP contribution in [0, 0.1) is 5.41 Å². The Morgan fingerprint density at radius 1 is 0.902 bits per heavy atom. The van der Waals surface area contributed by atoms with Gasteiger partial charge in [-0.2, -0.15) is 0 Å². The molecule has 222 valence electrons. The van der Waals surface area contributed by atoms with Gasteiger partial charge in [0.25, 0.3) is 0 Å². The van der Waals surface area contributed by atoms with E-state index in [1.807, 2.05) is 0 Å². The number of aromatic nitrogens is 2. The maximum Gasteiger partial charge on any atom is 0.328 e. The number of carboxylic acids is 2. The smallest absolute Gasteiger partial charge is 0.328 e. The minimum Gasteiger partial charge on any atom is -0.478 e. The molecule has 3 aliphatic rings. The fraction of sp³-hybridized carbons (Fsp3) is 0.567. The van der Waals surface area contributed by atoms with Crippen molar-refractivity contribution in [1.29, 1.82) is 0 Å². The SMILES string of the molecule is CCn1c(N2CCN(CCCCN3C(=O)CC4(CCCC4)CC3=O)CC2)nc2ccccc21.O=C(O)C=CC(=O)O. The van der Waals surface area contributed by atoms with E-state index < -0.39 is 11.9 Å². The zero-order valence-corrected chi connectivity index (χ0v) is 23.8. The average Bonchev–Trinajstić information content (AvgIpc) is 3.55. The molecular weight excluding hydrogens is 526 g/mol. The molecule has 2 amide bonds. The first-order valence-corrected chi connectivity index (χ1v) is 14.6. The number of aliphatic carboxylic acids is 2. The number of rotatable bonds is 9. The van der Waals surface area contributed by atoms with Crippen LogP contribution >= 0.6 is 0 Å². The van der Waals surface area contributed by atoms with Gasteiger partial charge in [0, 0.05) is 64.3 Å². The number of fused-ring (bicyclic) bond motifs is 1. The van der Waals surface area contributed by atoms with Gasteiger partial charge in [0.15, 0.2) is 0 Å². The second kappa shape index (κ2) is 13.8. The molecule has 1 saturated carbocycles. The van der Waals surface area contributed by atoms with Gasteiger partial charge in [0.2, 0.25) is 17.8 Å². The van der Waals surface area contributed by atoms with Crippen molar-refractivity contribution in [3.8, 4) is 0 Å². The molecular formula is C30H41N5O6. The molecule has 2 aliphatic heterocycles. The Bertz CT molecular complexity index is 1240. The Hall–Kier alpha value is -3.73. The van der Waals surface area contributed by atoms with E-state index in [4.69, 9.17) is 15.2 Å². The molecule has 0 atom stereocenters. The lowest BCUT2D eigenvalue weighted by Gasteiger charge is -2.37. The van der Waals surface area contributed by atoms with Gasteiger partial charge in [0.1, 0.15) is 0 Å². The van der Waals surface area contributed by atoms with E-state index in [2.05, 4.69) is 45.6 Å². The lowest BCUT2D eigenvalue weighted by Crippen LogP contribution is -2.48. The number of nitrogens with zero attached hydrogens (tertiary/aromatic N) is 5. The number of imide groups is 1. The lowest BCUT2D eigenvalue weighted by molar-refractivity contribution is -0.153. The third-order valence-corrected chi connectivity index (χ3v) is 8.40. The van der Waals surface area contributed by atoms with Gasteiger partial charge in [-0.25, -0.2) is 14.6 Å². The van der Waals surface area contributed by atoms with E-state index in [-0.39, 0.29) is 17.2 Å². The summed E-state index contributed by atoms with van der Waals surface area (Å²) in [5.74, 6) is -1.29. The van der Waals surface area contributed by atoms with Gasteiger partial charge in [-0.1, -0.05) is 25.0 Å². The Kier molecular flexibility index (Phi) is 10.1. The van der Waals surface area contributed by atoms with Gasteiger partial charge in [0.05, 0.1) is 11.0 Å². The summed E-state index contributed by atoms with van der Waals surface area (Å²) in [7, 11) is 0. The average molecular weight is 568 g/mol. The summed E-state index contributed by atoms with van der Waals surface area (Å²) in [5, 5.41) is 15.6. The highest BCUT2D eigenvalue weighted by Crippen LogP contribution is 2.46. The van der Waals surface area contributed by atoms with Gasteiger partial charge < -0.3 is 19.7 Å². The van der Waals surface area contributed by atoms with Crippen LogP contribution in [0.2, 0.25) is 0 Å². The van der Waals surface area contributed by atoms with Crippen molar-refractivity contribution >= 4 is 40.7 Å². The number of unbranched alkanes of at least 4 members (excludes halogenated alkanes) is 1. The minimum atomic E-state index is -1.26. The molecule has 0 bridgehead atoms. The predicted molar refractivity (Wildman–Crippen MR) is 155 cm³/mol. The van der Waals surface area contributed by atoms with E-state index in [0.717, 1.165) is 76.4 Å². The number of carboxylic acid groups (broad SMARTS) is 2. The van der Waals surface area contributed by atoms with E-state index in [9.17, 15) is 19.2 Å². The first-order valence-electron chi connectivity index (χ1n) is 14.6. The summed E-state index contributed by atoms with van der Waals surface area (Å²) in [6.45, 7) is 8.73. The van der Waals surface area contributed by atoms with Crippen LogP contribution < -0.4 is 4.90 Å². The number of hydrogen-bond acceptors (Lipinski definition) is 7. The Morgan fingerprint density at radius 3 is 2.07 bits per heavy atom. The van der Waals surface area contributed by atoms with Crippen LogP contribution in [0.5, 0.6) is 0 Å². The highest BCUT2D eigenvalue weighted by molar-refractivity contribution is 5.98. The fourth-order valence-electron chi connectivity index (χ4n) is 6.30. The fourth-order valence-corrected chi connectivity index (χ4v) is 6.30. The maximum atomic E-state index is 12.6. The standard InChI is InChI=1S/C26H37N5O2.C4H4O4/c1-2-30-22-10-4-3-9-21(22)27-25(30)29-17-15-28(16-18-29)13-7-8-14-31-23(32)19-26(20-24(31)33)11-5-6-12-26;5-3(6)1-2-4(7)8/h3-4,9-10H,2,5-8,11-20H2,1H3;1-2H,(H,5,6)(H,7,8). The van der Waals surface area contributed by atoms with Gasteiger partial charge >= 0.3 is 11.9 Å². The van der Waals surface area contributed by atoms with E-state index in [1.165, 1.54) is 18.4 Å². The minimum absolute atomic E-state index is 0.00266.